The van der Waals surface area contributed by atoms with E-state index in [1.807, 2.05) is 0 Å². The maximum atomic E-state index is 13.4. The molecule has 0 aliphatic heterocycles. The Balaban J connectivity index is 1.48. The van der Waals surface area contributed by atoms with Gasteiger partial charge in [0, 0.05) is 11.9 Å². The Kier molecular flexibility index (Phi) is 5.95. The van der Waals surface area contributed by atoms with Crippen molar-refractivity contribution in [3.63, 3.8) is 0 Å². The fourth-order valence-corrected chi connectivity index (χ4v) is 2.30. The predicted molar refractivity (Wildman–Crippen MR) is 97.8 cm³/mol. The largest absolute Gasteiger partial charge is 0.481 e. The van der Waals surface area contributed by atoms with Gasteiger partial charge in [-0.15, -0.1) is 0 Å². The number of anilines is 2. The van der Waals surface area contributed by atoms with Crippen molar-refractivity contribution in [3.8, 4) is 5.75 Å². The SMILES string of the molecule is O=C(COc1ccccc1F)Nc1cnn(CC(=O)Nc2ccc(F)cc2)c1. The number of hydrogen-bond acceptors (Lipinski definition) is 4. The molecular weight excluding hydrogens is 370 g/mol. The Morgan fingerprint density at radius 3 is 2.43 bits per heavy atom. The zero-order valence-corrected chi connectivity index (χ0v) is 14.6. The molecule has 0 unspecified atom stereocenters. The van der Waals surface area contributed by atoms with E-state index in [2.05, 4.69) is 15.7 Å². The van der Waals surface area contributed by atoms with E-state index in [0.717, 1.165) is 0 Å². The van der Waals surface area contributed by atoms with Gasteiger partial charge in [-0.05, 0) is 36.4 Å². The summed E-state index contributed by atoms with van der Waals surface area (Å²) in [4.78, 5) is 23.9. The second kappa shape index (κ2) is 8.76. The summed E-state index contributed by atoms with van der Waals surface area (Å²) in [5, 5.41) is 9.12. The second-order valence-corrected chi connectivity index (χ2v) is 5.75. The number of nitrogens with one attached hydrogen (secondary N) is 2. The number of carbonyl (C=O) groups is 2. The zero-order valence-electron chi connectivity index (χ0n) is 14.6. The third kappa shape index (κ3) is 5.37. The van der Waals surface area contributed by atoms with E-state index in [0.29, 0.717) is 11.4 Å². The summed E-state index contributed by atoms with van der Waals surface area (Å²) in [5.41, 5.74) is 0.814. The van der Waals surface area contributed by atoms with E-state index in [1.165, 1.54) is 59.5 Å². The van der Waals surface area contributed by atoms with Gasteiger partial charge in [-0.3, -0.25) is 14.3 Å². The van der Waals surface area contributed by atoms with Crippen LogP contribution in [0.1, 0.15) is 0 Å². The number of para-hydroxylation sites is 1. The quantitative estimate of drug-likeness (QED) is 0.654. The van der Waals surface area contributed by atoms with Gasteiger partial charge in [0.15, 0.2) is 18.2 Å². The van der Waals surface area contributed by atoms with Gasteiger partial charge < -0.3 is 15.4 Å². The normalized spacial score (nSPS) is 10.4. The third-order valence-corrected chi connectivity index (χ3v) is 3.55. The number of amides is 2. The standard InChI is InChI=1S/C19H16F2N4O3/c20-13-5-7-14(8-6-13)23-18(26)11-25-10-15(9-22-25)24-19(27)12-28-17-4-2-1-3-16(17)21/h1-10H,11-12H2,(H,23,26)(H,24,27). The average molecular weight is 386 g/mol. The van der Waals surface area contributed by atoms with Crippen molar-refractivity contribution in [1.82, 2.24) is 9.78 Å². The highest BCUT2D eigenvalue weighted by atomic mass is 19.1. The van der Waals surface area contributed by atoms with Crippen molar-refractivity contribution in [1.29, 1.82) is 0 Å². The highest BCUT2D eigenvalue weighted by Crippen LogP contribution is 2.15. The summed E-state index contributed by atoms with van der Waals surface area (Å²) in [6.45, 7) is -0.476. The minimum Gasteiger partial charge on any atom is -0.481 e. The smallest absolute Gasteiger partial charge is 0.262 e. The first kappa shape index (κ1) is 19.0. The summed E-state index contributed by atoms with van der Waals surface area (Å²) in [6, 6.07) is 11.1. The number of benzene rings is 2. The van der Waals surface area contributed by atoms with Crippen LogP contribution in [0.2, 0.25) is 0 Å². The van der Waals surface area contributed by atoms with Gasteiger partial charge in [-0.25, -0.2) is 8.78 Å². The van der Waals surface area contributed by atoms with Gasteiger partial charge in [0.25, 0.3) is 5.91 Å². The lowest BCUT2D eigenvalue weighted by atomic mass is 10.3. The van der Waals surface area contributed by atoms with E-state index in [9.17, 15) is 18.4 Å². The second-order valence-electron chi connectivity index (χ2n) is 5.75. The van der Waals surface area contributed by atoms with Crippen molar-refractivity contribution < 1.29 is 23.1 Å². The molecule has 0 radical (unpaired) electrons. The fourth-order valence-electron chi connectivity index (χ4n) is 2.30. The number of halogens is 2. The van der Waals surface area contributed by atoms with Gasteiger partial charge in [0.05, 0.1) is 11.9 Å². The summed E-state index contributed by atoms with van der Waals surface area (Å²) >= 11 is 0. The van der Waals surface area contributed by atoms with E-state index < -0.39 is 17.5 Å². The molecule has 28 heavy (non-hydrogen) atoms. The Morgan fingerprint density at radius 1 is 0.964 bits per heavy atom. The molecule has 2 amide bonds. The molecule has 3 aromatic rings. The lowest BCUT2D eigenvalue weighted by Gasteiger charge is -2.07. The third-order valence-electron chi connectivity index (χ3n) is 3.55. The molecule has 0 aliphatic carbocycles. The molecule has 0 aliphatic rings. The maximum absolute atomic E-state index is 13.4. The molecular formula is C19H16F2N4O3. The van der Waals surface area contributed by atoms with Crippen LogP contribution in [0.15, 0.2) is 60.9 Å². The number of hydrogen-bond donors (Lipinski definition) is 2. The number of nitrogens with zero attached hydrogens (tertiary/aromatic N) is 2. The van der Waals surface area contributed by atoms with Gasteiger partial charge in [-0.2, -0.15) is 5.10 Å². The van der Waals surface area contributed by atoms with E-state index in [-0.39, 0.29) is 24.8 Å². The minimum absolute atomic E-state index is 0.0224. The number of ether oxygens (including phenoxy) is 1. The molecule has 0 fully saturated rings. The maximum Gasteiger partial charge on any atom is 0.262 e. The van der Waals surface area contributed by atoms with E-state index >= 15 is 0 Å². The first-order valence-corrected chi connectivity index (χ1v) is 8.24. The van der Waals surface area contributed by atoms with Crippen LogP contribution in [0.5, 0.6) is 5.75 Å². The first-order valence-electron chi connectivity index (χ1n) is 8.24. The van der Waals surface area contributed by atoms with E-state index in [1.54, 1.807) is 6.07 Å². The molecule has 1 heterocycles. The van der Waals surface area contributed by atoms with Crippen LogP contribution < -0.4 is 15.4 Å². The summed E-state index contributed by atoms with van der Waals surface area (Å²) in [6.07, 6.45) is 2.83. The van der Waals surface area contributed by atoms with Crippen LogP contribution in [-0.4, -0.2) is 28.2 Å². The van der Waals surface area contributed by atoms with Crippen LogP contribution >= 0.6 is 0 Å². The Labute approximate surface area is 158 Å². The zero-order chi connectivity index (χ0) is 19.9. The number of carbonyl (C=O) groups excluding carboxylic acids is 2. The summed E-state index contributed by atoms with van der Waals surface area (Å²) < 4.78 is 32.7. The molecule has 3 rings (SSSR count). The van der Waals surface area contributed by atoms with Crippen LogP contribution in [-0.2, 0) is 16.1 Å². The molecule has 0 spiro atoms. The van der Waals surface area contributed by atoms with Crippen molar-refractivity contribution in [2.24, 2.45) is 0 Å². The topological polar surface area (TPSA) is 85.2 Å². The van der Waals surface area contributed by atoms with Gasteiger partial charge in [0.1, 0.15) is 12.4 Å². The van der Waals surface area contributed by atoms with Crippen LogP contribution in [0, 0.1) is 11.6 Å². The molecule has 1 aromatic heterocycles. The fraction of sp³-hybridized carbons (Fsp3) is 0.105. The molecule has 0 bridgehead atoms. The van der Waals surface area contributed by atoms with Crippen molar-refractivity contribution in [2.75, 3.05) is 17.2 Å². The Morgan fingerprint density at radius 2 is 1.68 bits per heavy atom. The number of aromatic nitrogens is 2. The van der Waals surface area contributed by atoms with Crippen LogP contribution in [0.4, 0.5) is 20.2 Å². The Hall–Kier alpha value is -3.75. The molecule has 7 nitrogen and oxygen atoms in total. The lowest BCUT2D eigenvalue weighted by Crippen LogP contribution is -2.20. The summed E-state index contributed by atoms with van der Waals surface area (Å²) in [7, 11) is 0. The predicted octanol–water partition coefficient (Wildman–Crippen LogP) is 2.82. The van der Waals surface area contributed by atoms with Gasteiger partial charge >= 0.3 is 0 Å². The highest BCUT2D eigenvalue weighted by Gasteiger charge is 2.10. The van der Waals surface area contributed by atoms with Crippen molar-refractivity contribution in [3.05, 3.63) is 72.6 Å². The van der Waals surface area contributed by atoms with Crippen LogP contribution in [0.25, 0.3) is 0 Å². The van der Waals surface area contributed by atoms with Gasteiger partial charge in [0.2, 0.25) is 5.91 Å². The van der Waals surface area contributed by atoms with Gasteiger partial charge in [-0.1, -0.05) is 12.1 Å². The van der Waals surface area contributed by atoms with E-state index in [4.69, 9.17) is 4.74 Å². The average Bonchev–Trinajstić information content (AvgIpc) is 3.09. The van der Waals surface area contributed by atoms with Crippen LogP contribution in [0.3, 0.4) is 0 Å². The number of rotatable bonds is 7. The molecule has 2 aromatic carbocycles. The van der Waals surface area contributed by atoms with Crippen molar-refractivity contribution >= 4 is 23.2 Å². The minimum atomic E-state index is -0.560. The highest BCUT2D eigenvalue weighted by molar-refractivity contribution is 5.92. The Bertz CT molecular complexity index is 973. The summed E-state index contributed by atoms with van der Waals surface area (Å²) in [5.74, 6) is -1.85. The molecule has 0 atom stereocenters. The monoisotopic (exact) mass is 386 g/mol. The first-order chi connectivity index (χ1) is 13.5. The lowest BCUT2D eigenvalue weighted by molar-refractivity contribution is -0.118. The molecule has 9 heteroatoms. The van der Waals surface area contributed by atoms with Crippen molar-refractivity contribution in [2.45, 2.75) is 6.54 Å². The molecule has 144 valence electrons. The molecule has 2 N–H and O–H groups in total. The molecule has 0 saturated heterocycles. The molecule has 0 saturated carbocycles.